The predicted octanol–water partition coefficient (Wildman–Crippen LogP) is 3.80. The third-order valence-electron chi connectivity index (χ3n) is 4.10. The van der Waals surface area contributed by atoms with Crippen LogP contribution in [-0.4, -0.2) is 36.9 Å². The lowest BCUT2D eigenvalue weighted by Gasteiger charge is -2.11. The summed E-state index contributed by atoms with van der Waals surface area (Å²) in [6.07, 6.45) is -7.16. The highest BCUT2D eigenvalue weighted by Crippen LogP contribution is 2.31. The van der Waals surface area contributed by atoms with Crippen LogP contribution in [0.3, 0.4) is 0 Å². The number of benzene rings is 2. The summed E-state index contributed by atoms with van der Waals surface area (Å²) >= 11 is 0. The van der Waals surface area contributed by atoms with Gasteiger partial charge >= 0.3 is 12.3 Å². The van der Waals surface area contributed by atoms with Gasteiger partial charge in [-0.2, -0.15) is 0 Å². The van der Waals surface area contributed by atoms with Gasteiger partial charge in [-0.05, 0) is 54.4 Å². The summed E-state index contributed by atoms with van der Waals surface area (Å²) in [5, 5.41) is 9.36. The number of carbonyl (C=O) groups is 1. The first-order chi connectivity index (χ1) is 14.7. The number of fused-ring (bicyclic) bond motifs is 1. The Kier molecular flexibility index (Phi) is 4.95. The fourth-order valence-corrected chi connectivity index (χ4v) is 4.20. The molecule has 0 amide bonds. The van der Waals surface area contributed by atoms with Gasteiger partial charge in [0.25, 0.3) is 10.0 Å². The molecule has 0 atom stereocenters. The van der Waals surface area contributed by atoms with E-state index in [1.54, 1.807) is 0 Å². The first-order valence-electron chi connectivity index (χ1n) is 9.27. The average molecular weight is 445 g/mol. The van der Waals surface area contributed by atoms with E-state index < -0.39 is 40.9 Å². The molecule has 30 heavy (non-hydrogen) atoms. The minimum absolute atomic E-state index is 0.0897. The second-order valence-corrected chi connectivity index (χ2v) is 7.83. The zero-order valence-electron chi connectivity index (χ0n) is 17.3. The van der Waals surface area contributed by atoms with Crippen LogP contribution < -0.4 is 9.47 Å². The molecule has 0 saturated heterocycles. The summed E-state index contributed by atoms with van der Waals surface area (Å²) < 4.78 is 88.4. The second kappa shape index (κ2) is 7.90. The van der Waals surface area contributed by atoms with Gasteiger partial charge in [0.05, 0.1) is 17.5 Å². The SMILES string of the molecule is [2H]C([2H])(Cc1cn(S(=O)(=O)c2ccc(OC(F)(F)F)cc2)c2ccc(OC)cc12)C(=O)O. The molecule has 0 bridgehead atoms. The molecular formula is C19H16F3NO6S. The number of carboxylic acid groups (broad SMARTS) is 1. The minimum Gasteiger partial charge on any atom is -0.497 e. The van der Waals surface area contributed by atoms with E-state index in [0.717, 1.165) is 34.4 Å². The molecule has 0 unspecified atom stereocenters. The number of methoxy groups -OCH3 is 1. The van der Waals surface area contributed by atoms with Crippen LogP contribution in [0.2, 0.25) is 0 Å². The predicted molar refractivity (Wildman–Crippen MR) is 100 cm³/mol. The van der Waals surface area contributed by atoms with Crippen molar-refractivity contribution >= 4 is 26.9 Å². The first kappa shape index (κ1) is 18.8. The molecule has 3 rings (SSSR count). The van der Waals surface area contributed by atoms with Gasteiger partial charge in [-0.15, -0.1) is 13.2 Å². The summed E-state index contributed by atoms with van der Waals surface area (Å²) in [6.45, 7) is 0. The Bertz CT molecular complexity index is 1270. The monoisotopic (exact) mass is 445 g/mol. The van der Waals surface area contributed by atoms with E-state index in [-0.39, 0.29) is 21.4 Å². The van der Waals surface area contributed by atoms with Crippen molar-refractivity contribution in [2.24, 2.45) is 0 Å². The van der Waals surface area contributed by atoms with Gasteiger partial charge in [-0.25, -0.2) is 12.4 Å². The summed E-state index contributed by atoms with van der Waals surface area (Å²) in [6, 6.07) is 7.86. The Morgan fingerprint density at radius 2 is 1.80 bits per heavy atom. The largest absolute Gasteiger partial charge is 0.573 e. The summed E-state index contributed by atoms with van der Waals surface area (Å²) in [7, 11) is -2.96. The Morgan fingerprint density at radius 3 is 2.37 bits per heavy atom. The summed E-state index contributed by atoms with van der Waals surface area (Å²) in [5.41, 5.74) is 0.199. The third-order valence-corrected chi connectivity index (χ3v) is 5.79. The molecule has 1 heterocycles. The number of nitrogens with zero attached hydrogens (tertiary/aromatic N) is 1. The van der Waals surface area contributed by atoms with Crippen LogP contribution in [0.15, 0.2) is 53.6 Å². The maximum Gasteiger partial charge on any atom is 0.573 e. The number of halogens is 3. The van der Waals surface area contributed by atoms with Gasteiger partial charge in [-0.3, -0.25) is 4.79 Å². The molecule has 160 valence electrons. The van der Waals surface area contributed by atoms with Crippen LogP contribution in [0.25, 0.3) is 10.9 Å². The maximum absolute atomic E-state index is 13.2. The molecule has 2 aromatic carbocycles. The number of hydrogen-bond donors (Lipinski definition) is 1. The Balaban J connectivity index is 2.12. The normalized spacial score (nSPS) is 13.6. The van der Waals surface area contributed by atoms with Gasteiger partial charge in [0, 0.05) is 20.7 Å². The van der Waals surface area contributed by atoms with Crippen molar-refractivity contribution in [3.8, 4) is 11.5 Å². The van der Waals surface area contributed by atoms with E-state index in [9.17, 15) is 26.4 Å². The van der Waals surface area contributed by atoms with Crippen LogP contribution >= 0.6 is 0 Å². The molecular weight excluding hydrogens is 427 g/mol. The maximum atomic E-state index is 13.2. The lowest BCUT2D eigenvalue weighted by atomic mass is 10.1. The van der Waals surface area contributed by atoms with Crippen molar-refractivity contribution < 1.29 is 43.7 Å². The number of alkyl halides is 3. The summed E-state index contributed by atoms with van der Waals surface area (Å²) in [5.74, 6) is -1.99. The molecule has 0 spiro atoms. The third kappa shape index (κ3) is 4.51. The Labute approximate surface area is 172 Å². The molecule has 1 aromatic heterocycles. The number of rotatable bonds is 7. The van der Waals surface area contributed by atoms with Crippen molar-refractivity contribution in [3.05, 3.63) is 54.2 Å². The van der Waals surface area contributed by atoms with E-state index in [1.165, 1.54) is 25.3 Å². The Hall–Kier alpha value is -3.21. The lowest BCUT2D eigenvalue weighted by molar-refractivity contribution is -0.274. The van der Waals surface area contributed by atoms with Crippen LogP contribution in [-0.2, 0) is 21.2 Å². The van der Waals surface area contributed by atoms with Gasteiger partial charge in [0.2, 0.25) is 0 Å². The summed E-state index contributed by atoms with van der Waals surface area (Å²) in [4.78, 5) is 10.9. The van der Waals surface area contributed by atoms with E-state index in [4.69, 9.17) is 12.6 Å². The van der Waals surface area contributed by atoms with Crippen molar-refractivity contribution in [2.45, 2.75) is 24.1 Å². The minimum atomic E-state index is -4.94. The van der Waals surface area contributed by atoms with Crippen LogP contribution in [0, 0.1) is 0 Å². The lowest BCUT2D eigenvalue weighted by Crippen LogP contribution is -2.17. The van der Waals surface area contributed by atoms with E-state index in [2.05, 4.69) is 4.74 Å². The number of aromatic nitrogens is 1. The number of aryl methyl sites for hydroxylation is 1. The molecule has 0 radical (unpaired) electrons. The molecule has 0 aliphatic rings. The van der Waals surface area contributed by atoms with E-state index in [0.29, 0.717) is 5.75 Å². The number of carboxylic acids is 1. The van der Waals surface area contributed by atoms with E-state index >= 15 is 0 Å². The smallest absolute Gasteiger partial charge is 0.497 e. The fourth-order valence-electron chi connectivity index (χ4n) is 2.81. The molecule has 0 aliphatic heterocycles. The first-order valence-corrected chi connectivity index (χ1v) is 9.71. The zero-order valence-corrected chi connectivity index (χ0v) is 16.1. The highest BCUT2D eigenvalue weighted by Gasteiger charge is 2.31. The molecule has 11 heteroatoms. The molecule has 3 aromatic rings. The average Bonchev–Trinajstić information content (AvgIpc) is 3.05. The molecule has 0 fully saturated rings. The van der Waals surface area contributed by atoms with Crippen molar-refractivity contribution in [1.29, 1.82) is 0 Å². The molecule has 1 N–H and O–H groups in total. The van der Waals surface area contributed by atoms with Crippen LogP contribution in [0.4, 0.5) is 13.2 Å². The fraction of sp³-hybridized carbons (Fsp3) is 0.211. The molecule has 0 aliphatic carbocycles. The van der Waals surface area contributed by atoms with Crippen LogP contribution in [0.1, 0.15) is 14.7 Å². The Morgan fingerprint density at radius 1 is 1.17 bits per heavy atom. The van der Waals surface area contributed by atoms with E-state index in [1.807, 2.05) is 0 Å². The highest BCUT2D eigenvalue weighted by molar-refractivity contribution is 7.90. The van der Waals surface area contributed by atoms with Gasteiger partial charge < -0.3 is 14.6 Å². The standard InChI is InChI=1S/C19H16F3NO6S/c1-28-14-5-8-17-16(10-14)12(2-9-18(24)25)11-23(17)30(26,27)15-6-3-13(4-7-15)29-19(20,21)22/h3-8,10-11H,2,9H2,1H3,(H,24,25)/i9D2. The van der Waals surface area contributed by atoms with Crippen molar-refractivity contribution in [3.63, 3.8) is 0 Å². The number of aliphatic carboxylic acids is 1. The van der Waals surface area contributed by atoms with Crippen molar-refractivity contribution in [2.75, 3.05) is 7.11 Å². The van der Waals surface area contributed by atoms with Crippen LogP contribution in [0.5, 0.6) is 11.5 Å². The van der Waals surface area contributed by atoms with Crippen molar-refractivity contribution in [1.82, 2.24) is 3.97 Å². The molecule has 7 nitrogen and oxygen atoms in total. The van der Waals surface area contributed by atoms with Gasteiger partial charge in [-0.1, -0.05) is 0 Å². The quantitative estimate of drug-likeness (QED) is 0.595. The number of hydrogen-bond acceptors (Lipinski definition) is 5. The zero-order chi connectivity index (χ0) is 23.9. The second-order valence-electron chi connectivity index (χ2n) is 6.02. The topological polar surface area (TPSA) is 94.8 Å². The van der Waals surface area contributed by atoms with Gasteiger partial charge in [0.1, 0.15) is 11.5 Å². The molecule has 0 saturated carbocycles. The highest BCUT2D eigenvalue weighted by atomic mass is 32.2. The van der Waals surface area contributed by atoms with Gasteiger partial charge in [0.15, 0.2) is 0 Å². The number of ether oxygens (including phenoxy) is 2.